The van der Waals surface area contributed by atoms with E-state index >= 15 is 0 Å². The van der Waals surface area contributed by atoms with Crippen LogP contribution in [0.25, 0.3) is 6.08 Å². The fourth-order valence-electron chi connectivity index (χ4n) is 3.25. The second-order valence-electron chi connectivity index (χ2n) is 7.37. The minimum absolute atomic E-state index is 0.132. The fraction of sp³-hybridized carbons (Fsp3) is 0.292. The summed E-state index contributed by atoms with van der Waals surface area (Å²) < 4.78 is 5.72. The molecular formula is C24H25ClN2O4. The predicted octanol–water partition coefficient (Wildman–Crippen LogP) is 5.27. The predicted molar refractivity (Wildman–Crippen MR) is 121 cm³/mol. The van der Waals surface area contributed by atoms with E-state index in [1.807, 2.05) is 0 Å². The number of nitrogens with zero attached hydrogens (tertiary/aromatic N) is 1. The van der Waals surface area contributed by atoms with Crippen molar-refractivity contribution >= 4 is 41.2 Å². The van der Waals surface area contributed by atoms with Crippen molar-refractivity contribution in [1.29, 1.82) is 0 Å². The Morgan fingerprint density at radius 1 is 1.03 bits per heavy atom. The van der Waals surface area contributed by atoms with Gasteiger partial charge in [-0.1, -0.05) is 56.0 Å². The van der Waals surface area contributed by atoms with Crippen LogP contribution in [0, 0.1) is 6.92 Å². The number of aryl methyl sites for hydroxylation is 1. The summed E-state index contributed by atoms with van der Waals surface area (Å²) in [7, 11) is 0. The van der Waals surface area contributed by atoms with Gasteiger partial charge in [0.15, 0.2) is 0 Å². The van der Waals surface area contributed by atoms with Crippen LogP contribution in [0.2, 0.25) is 5.02 Å². The Bertz CT molecular complexity index is 1010. The molecule has 0 atom stereocenters. The van der Waals surface area contributed by atoms with Crippen LogP contribution in [0.1, 0.15) is 43.7 Å². The highest BCUT2D eigenvalue weighted by atomic mass is 35.5. The van der Waals surface area contributed by atoms with E-state index in [4.69, 9.17) is 16.3 Å². The number of barbiturate groups is 1. The molecule has 1 aliphatic heterocycles. The van der Waals surface area contributed by atoms with Crippen LogP contribution >= 0.6 is 11.6 Å². The SMILES string of the molecule is CCCCCCOc1ccc(/C=C2\C(=O)NC(=O)N(c3cc(Cl)ccc3C)C2=O)cc1. The van der Waals surface area contributed by atoms with Crippen molar-refractivity contribution in [2.24, 2.45) is 0 Å². The molecule has 0 unspecified atom stereocenters. The molecule has 0 bridgehead atoms. The average molecular weight is 441 g/mol. The molecule has 1 fully saturated rings. The quantitative estimate of drug-likeness (QED) is 0.344. The number of nitrogens with one attached hydrogen (secondary N) is 1. The number of unbranched alkanes of at least 4 members (excludes halogenated alkanes) is 3. The number of ether oxygens (including phenoxy) is 1. The van der Waals surface area contributed by atoms with E-state index in [9.17, 15) is 14.4 Å². The van der Waals surface area contributed by atoms with Crippen LogP contribution in [-0.2, 0) is 9.59 Å². The highest BCUT2D eigenvalue weighted by molar-refractivity contribution is 6.39. The Kier molecular flexibility index (Phi) is 7.47. The minimum atomic E-state index is -0.802. The summed E-state index contributed by atoms with van der Waals surface area (Å²) in [6, 6.07) is 11.2. The summed E-state index contributed by atoms with van der Waals surface area (Å²) in [6.07, 6.45) is 5.97. The summed E-state index contributed by atoms with van der Waals surface area (Å²) in [6.45, 7) is 4.57. The molecule has 0 spiro atoms. The molecule has 0 aromatic heterocycles. The van der Waals surface area contributed by atoms with E-state index in [0.717, 1.165) is 23.5 Å². The van der Waals surface area contributed by atoms with Crippen molar-refractivity contribution in [3.63, 3.8) is 0 Å². The van der Waals surface area contributed by atoms with E-state index in [1.54, 1.807) is 43.3 Å². The van der Waals surface area contributed by atoms with Crippen molar-refractivity contribution in [2.75, 3.05) is 11.5 Å². The van der Waals surface area contributed by atoms with Crippen LogP contribution < -0.4 is 15.0 Å². The third kappa shape index (κ3) is 5.52. The van der Waals surface area contributed by atoms with Gasteiger partial charge in [-0.3, -0.25) is 14.9 Å². The summed E-state index contributed by atoms with van der Waals surface area (Å²) in [4.78, 5) is 38.7. The maximum atomic E-state index is 13.0. The molecule has 6 nitrogen and oxygen atoms in total. The summed E-state index contributed by atoms with van der Waals surface area (Å²) in [5.74, 6) is -0.707. The van der Waals surface area contributed by atoms with E-state index in [2.05, 4.69) is 12.2 Å². The minimum Gasteiger partial charge on any atom is -0.494 e. The lowest BCUT2D eigenvalue weighted by atomic mass is 10.1. The van der Waals surface area contributed by atoms with Crippen molar-refractivity contribution in [2.45, 2.75) is 39.5 Å². The Morgan fingerprint density at radius 2 is 1.77 bits per heavy atom. The van der Waals surface area contributed by atoms with Gasteiger partial charge in [0.2, 0.25) is 0 Å². The first kappa shape index (κ1) is 22.6. The van der Waals surface area contributed by atoms with Gasteiger partial charge in [-0.15, -0.1) is 0 Å². The van der Waals surface area contributed by atoms with Gasteiger partial charge in [0.1, 0.15) is 11.3 Å². The second kappa shape index (κ2) is 10.3. The number of rotatable bonds is 8. The molecule has 2 aromatic rings. The van der Waals surface area contributed by atoms with E-state index < -0.39 is 17.8 Å². The van der Waals surface area contributed by atoms with Crippen molar-refractivity contribution in [1.82, 2.24) is 5.32 Å². The summed E-state index contributed by atoms with van der Waals surface area (Å²) in [5.41, 5.74) is 1.53. The molecule has 1 heterocycles. The molecule has 7 heteroatoms. The highest BCUT2D eigenvalue weighted by Crippen LogP contribution is 2.28. The zero-order valence-corrected chi connectivity index (χ0v) is 18.4. The van der Waals surface area contributed by atoms with Gasteiger partial charge >= 0.3 is 6.03 Å². The Labute approximate surface area is 186 Å². The van der Waals surface area contributed by atoms with Crippen LogP contribution in [-0.4, -0.2) is 24.5 Å². The zero-order chi connectivity index (χ0) is 22.4. The Balaban J connectivity index is 1.78. The van der Waals surface area contributed by atoms with Crippen molar-refractivity contribution in [3.8, 4) is 5.75 Å². The van der Waals surface area contributed by atoms with Crippen molar-refractivity contribution < 1.29 is 19.1 Å². The standard InChI is InChI=1S/C24H25ClN2O4/c1-3-4-5-6-13-31-19-11-8-17(9-12-19)14-20-22(28)26-24(30)27(23(20)29)21-15-18(25)10-7-16(21)2/h7-12,14-15H,3-6,13H2,1-2H3,(H,26,28,30)/b20-14+. The smallest absolute Gasteiger partial charge is 0.335 e. The van der Waals surface area contributed by atoms with Crippen LogP contribution in [0.5, 0.6) is 5.75 Å². The van der Waals surface area contributed by atoms with Crippen LogP contribution in [0.15, 0.2) is 48.0 Å². The van der Waals surface area contributed by atoms with Gasteiger partial charge in [0, 0.05) is 5.02 Å². The zero-order valence-electron chi connectivity index (χ0n) is 17.6. The number of hydrogen-bond donors (Lipinski definition) is 1. The Morgan fingerprint density at radius 3 is 2.48 bits per heavy atom. The number of imide groups is 2. The number of amides is 4. The van der Waals surface area contributed by atoms with E-state index in [1.165, 1.54) is 25.0 Å². The molecule has 2 aromatic carbocycles. The molecule has 0 saturated carbocycles. The third-order valence-electron chi connectivity index (χ3n) is 4.97. The van der Waals surface area contributed by atoms with Gasteiger partial charge < -0.3 is 4.74 Å². The number of anilines is 1. The molecule has 1 aliphatic rings. The number of carbonyl (C=O) groups excluding carboxylic acids is 3. The van der Waals surface area contributed by atoms with Crippen molar-refractivity contribution in [3.05, 3.63) is 64.2 Å². The lowest BCUT2D eigenvalue weighted by Crippen LogP contribution is -2.54. The molecule has 1 N–H and O–H groups in total. The number of urea groups is 1. The molecular weight excluding hydrogens is 416 g/mol. The first-order chi connectivity index (χ1) is 14.9. The lowest BCUT2D eigenvalue weighted by Gasteiger charge is -2.27. The molecule has 3 rings (SSSR count). The fourth-order valence-corrected chi connectivity index (χ4v) is 3.41. The first-order valence-electron chi connectivity index (χ1n) is 10.3. The molecule has 0 radical (unpaired) electrons. The lowest BCUT2D eigenvalue weighted by molar-refractivity contribution is -0.122. The molecule has 1 saturated heterocycles. The van der Waals surface area contributed by atoms with E-state index in [-0.39, 0.29) is 5.57 Å². The topological polar surface area (TPSA) is 75.7 Å². The maximum Gasteiger partial charge on any atom is 0.335 e. The number of halogens is 1. The third-order valence-corrected chi connectivity index (χ3v) is 5.21. The second-order valence-corrected chi connectivity index (χ2v) is 7.80. The van der Waals surface area contributed by atoms with Gasteiger partial charge in [-0.05, 0) is 54.8 Å². The first-order valence-corrected chi connectivity index (χ1v) is 10.7. The summed E-state index contributed by atoms with van der Waals surface area (Å²) in [5, 5.41) is 2.61. The van der Waals surface area contributed by atoms with E-state index in [0.29, 0.717) is 28.4 Å². The number of carbonyl (C=O) groups is 3. The monoisotopic (exact) mass is 440 g/mol. The van der Waals surface area contributed by atoms with Gasteiger partial charge in [-0.2, -0.15) is 0 Å². The normalized spacial score (nSPS) is 15.4. The van der Waals surface area contributed by atoms with Gasteiger partial charge in [0.05, 0.1) is 12.3 Å². The maximum absolute atomic E-state index is 13.0. The Hall–Kier alpha value is -3.12. The van der Waals surface area contributed by atoms with Crippen LogP contribution in [0.4, 0.5) is 10.5 Å². The largest absolute Gasteiger partial charge is 0.494 e. The number of hydrogen-bond acceptors (Lipinski definition) is 4. The van der Waals surface area contributed by atoms with Gasteiger partial charge in [-0.25, -0.2) is 9.69 Å². The summed E-state index contributed by atoms with van der Waals surface area (Å²) >= 11 is 6.04. The molecule has 31 heavy (non-hydrogen) atoms. The molecule has 0 aliphatic carbocycles. The highest BCUT2D eigenvalue weighted by Gasteiger charge is 2.37. The average Bonchev–Trinajstić information content (AvgIpc) is 2.74. The van der Waals surface area contributed by atoms with Gasteiger partial charge in [0.25, 0.3) is 11.8 Å². The number of benzene rings is 2. The molecule has 4 amide bonds. The molecule has 162 valence electrons. The van der Waals surface area contributed by atoms with Crippen LogP contribution in [0.3, 0.4) is 0 Å².